The molecular formula is C18H36N2O2. The van der Waals surface area contributed by atoms with Crippen molar-refractivity contribution in [2.45, 2.75) is 64.2 Å². The molecular weight excluding hydrogens is 276 g/mol. The van der Waals surface area contributed by atoms with Crippen LogP contribution >= 0.6 is 0 Å². The van der Waals surface area contributed by atoms with E-state index in [9.17, 15) is 4.79 Å². The summed E-state index contributed by atoms with van der Waals surface area (Å²) in [6.45, 7) is 6.74. The molecule has 1 amide bonds. The molecule has 0 atom stereocenters. The summed E-state index contributed by atoms with van der Waals surface area (Å²) in [7, 11) is 2.12. The summed E-state index contributed by atoms with van der Waals surface area (Å²) < 4.78 is 0. The molecule has 0 aliphatic carbocycles. The third-order valence-electron chi connectivity index (χ3n) is 3.83. The van der Waals surface area contributed by atoms with Gasteiger partial charge >= 0.3 is 0 Å². The molecule has 0 saturated carbocycles. The molecule has 4 nitrogen and oxygen atoms in total. The second kappa shape index (κ2) is 16.5. The van der Waals surface area contributed by atoms with Crippen molar-refractivity contribution in [3.63, 3.8) is 0 Å². The van der Waals surface area contributed by atoms with Crippen LogP contribution in [0.2, 0.25) is 0 Å². The van der Waals surface area contributed by atoms with Crippen molar-refractivity contribution in [1.29, 1.82) is 0 Å². The van der Waals surface area contributed by atoms with Crippen molar-refractivity contribution in [1.82, 2.24) is 10.2 Å². The number of hydrogen-bond donors (Lipinski definition) is 2. The lowest BCUT2D eigenvalue weighted by atomic mass is 10.1. The number of likely N-dealkylation sites (N-methyl/N-ethyl adjacent to an activating group) is 1. The van der Waals surface area contributed by atoms with Gasteiger partial charge in [0.1, 0.15) is 0 Å². The molecule has 0 aromatic carbocycles. The van der Waals surface area contributed by atoms with Crippen molar-refractivity contribution in [3.05, 3.63) is 12.7 Å². The lowest BCUT2D eigenvalue weighted by molar-refractivity contribution is -0.121. The molecule has 4 heteroatoms. The van der Waals surface area contributed by atoms with Crippen LogP contribution in [0.25, 0.3) is 0 Å². The van der Waals surface area contributed by atoms with Gasteiger partial charge < -0.3 is 15.3 Å². The van der Waals surface area contributed by atoms with Crippen molar-refractivity contribution in [2.24, 2.45) is 0 Å². The highest BCUT2D eigenvalue weighted by atomic mass is 16.2. The third kappa shape index (κ3) is 15.5. The van der Waals surface area contributed by atoms with Crippen LogP contribution in [0.4, 0.5) is 0 Å². The molecule has 2 N–H and O–H groups in total. The number of rotatable bonds is 16. The van der Waals surface area contributed by atoms with E-state index in [0.717, 1.165) is 45.3 Å². The maximum absolute atomic E-state index is 11.5. The Morgan fingerprint density at radius 2 is 1.68 bits per heavy atom. The van der Waals surface area contributed by atoms with Crippen molar-refractivity contribution in [3.8, 4) is 0 Å². The van der Waals surface area contributed by atoms with E-state index in [0.29, 0.717) is 13.0 Å². The zero-order chi connectivity index (χ0) is 16.5. The summed E-state index contributed by atoms with van der Waals surface area (Å²) in [6.07, 6.45) is 12.7. The summed E-state index contributed by atoms with van der Waals surface area (Å²) in [5.41, 5.74) is 0. The molecule has 0 saturated heterocycles. The highest BCUT2D eigenvalue weighted by Crippen LogP contribution is 2.07. The van der Waals surface area contributed by atoms with E-state index in [2.05, 4.69) is 23.8 Å². The smallest absolute Gasteiger partial charge is 0.220 e. The molecule has 0 radical (unpaired) electrons. The Morgan fingerprint density at radius 1 is 1.05 bits per heavy atom. The van der Waals surface area contributed by atoms with Crippen LogP contribution < -0.4 is 5.32 Å². The number of carbonyl (C=O) groups is 1. The number of unbranched alkanes of at least 4 members (excludes halogenated alkanes) is 7. The minimum Gasteiger partial charge on any atom is -0.396 e. The fraction of sp³-hybridized carbons (Fsp3) is 0.833. The normalized spacial score (nSPS) is 10.9. The second-order valence-corrected chi connectivity index (χ2v) is 6.03. The van der Waals surface area contributed by atoms with Crippen LogP contribution in [0.3, 0.4) is 0 Å². The Labute approximate surface area is 137 Å². The van der Waals surface area contributed by atoms with E-state index in [4.69, 9.17) is 5.11 Å². The summed E-state index contributed by atoms with van der Waals surface area (Å²) in [4.78, 5) is 13.8. The number of aliphatic hydroxyl groups is 1. The van der Waals surface area contributed by atoms with Gasteiger partial charge in [-0.2, -0.15) is 0 Å². The van der Waals surface area contributed by atoms with E-state index in [1.165, 1.54) is 32.1 Å². The van der Waals surface area contributed by atoms with Gasteiger partial charge in [0.25, 0.3) is 0 Å². The summed E-state index contributed by atoms with van der Waals surface area (Å²) in [5, 5.41) is 11.7. The zero-order valence-electron chi connectivity index (χ0n) is 14.5. The van der Waals surface area contributed by atoms with Gasteiger partial charge in [-0.25, -0.2) is 0 Å². The van der Waals surface area contributed by atoms with E-state index in [-0.39, 0.29) is 5.91 Å². The van der Waals surface area contributed by atoms with Crippen LogP contribution in [-0.4, -0.2) is 49.2 Å². The Morgan fingerprint density at radius 3 is 2.32 bits per heavy atom. The molecule has 0 spiro atoms. The molecule has 22 heavy (non-hydrogen) atoms. The number of aliphatic hydroxyl groups excluding tert-OH is 1. The summed E-state index contributed by atoms with van der Waals surface area (Å²) in [5.74, 6) is 0.151. The highest BCUT2D eigenvalue weighted by Gasteiger charge is 2.02. The fourth-order valence-electron chi connectivity index (χ4n) is 2.37. The van der Waals surface area contributed by atoms with Crippen LogP contribution in [0.1, 0.15) is 64.2 Å². The van der Waals surface area contributed by atoms with Gasteiger partial charge in [0.05, 0.1) is 0 Å². The van der Waals surface area contributed by atoms with Crippen LogP contribution in [0, 0.1) is 0 Å². The Hall–Kier alpha value is -0.870. The molecule has 0 rings (SSSR count). The van der Waals surface area contributed by atoms with Crippen LogP contribution in [-0.2, 0) is 4.79 Å². The molecule has 0 aromatic rings. The minimum atomic E-state index is 0.151. The molecule has 0 bridgehead atoms. The van der Waals surface area contributed by atoms with E-state index < -0.39 is 0 Å². The van der Waals surface area contributed by atoms with Crippen LogP contribution in [0.5, 0.6) is 0 Å². The minimum absolute atomic E-state index is 0.151. The predicted molar refractivity (Wildman–Crippen MR) is 94.0 cm³/mol. The predicted octanol–water partition coefficient (Wildman–Crippen LogP) is 3.11. The molecule has 0 aromatic heterocycles. The van der Waals surface area contributed by atoms with E-state index in [1.807, 2.05) is 6.08 Å². The summed E-state index contributed by atoms with van der Waals surface area (Å²) in [6, 6.07) is 0. The largest absolute Gasteiger partial charge is 0.396 e. The van der Waals surface area contributed by atoms with Crippen LogP contribution in [0.15, 0.2) is 12.7 Å². The number of nitrogens with zero attached hydrogens (tertiary/aromatic N) is 1. The first-order valence-corrected chi connectivity index (χ1v) is 8.87. The standard InChI is InChI=1S/C18H36N2O2/c1-3-4-10-13-18(22)19-14-16-20(2)15-11-8-6-5-7-9-12-17-21/h3,21H,1,4-17H2,2H3,(H,19,22). The lowest BCUT2D eigenvalue weighted by Crippen LogP contribution is -2.33. The maximum Gasteiger partial charge on any atom is 0.220 e. The topological polar surface area (TPSA) is 52.6 Å². The summed E-state index contributed by atoms with van der Waals surface area (Å²) >= 11 is 0. The number of hydrogen-bond acceptors (Lipinski definition) is 3. The zero-order valence-corrected chi connectivity index (χ0v) is 14.5. The molecule has 0 aliphatic rings. The molecule has 0 heterocycles. The van der Waals surface area contributed by atoms with Gasteiger partial charge in [-0.3, -0.25) is 4.79 Å². The fourth-order valence-corrected chi connectivity index (χ4v) is 2.37. The Bertz CT molecular complexity index is 270. The van der Waals surface area contributed by atoms with Crippen molar-refractivity contribution < 1.29 is 9.90 Å². The van der Waals surface area contributed by atoms with Gasteiger partial charge in [-0.1, -0.05) is 38.2 Å². The van der Waals surface area contributed by atoms with Gasteiger partial charge in [-0.05, 0) is 39.3 Å². The molecule has 0 unspecified atom stereocenters. The Balaban J connectivity index is 3.30. The number of amides is 1. The first kappa shape index (κ1) is 21.1. The average Bonchev–Trinajstić information content (AvgIpc) is 2.50. The van der Waals surface area contributed by atoms with Gasteiger partial charge in [0.15, 0.2) is 0 Å². The van der Waals surface area contributed by atoms with E-state index in [1.54, 1.807) is 0 Å². The van der Waals surface area contributed by atoms with Gasteiger partial charge in [0, 0.05) is 26.1 Å². The maximum atomic E-state index is 11.5. The first-order valence-electron chi connectivity index (χ1n) is 8.87. The Kier molecular flexibility index (Phi) is 15.8. The molecule has 0 aliphatic heterocycles. The third-order valence-corrected chi connectivity index (χ3v) is 3.83. The first-order chi connectivity index (χ1) is 10.7. The van der Waals surface area contributed by atoms with Crippen molar-refractivity contribution in [2.75, 3.05) is 33.3 Å². The number of allylic oxidation sites excluding steroid dienone is 1. The number of nitrogens with one attached hydrogen (secondary N) is 1. The van der Waals surface area contributed by atoms with Crippen molar-refractivity contribution >= 4 is 5.91 Å². The quantitative estimate of drug-likeness (QED) is 0.340. The van der Waals surface area contributed by atoms with E-state index >= 15 is 0 Å². The monoisotopic (exact) mass is 312 g/mol. The molecule has 130 valence electrons. The average molecular weight is 312 g/mol. The lowest BCUT2D eigenvalue weighted by Gasteiger charge is -2.16. The molecule has 0 fully saturated rings. The number of carbonyl (C=O) groups excluding carboxylic acids is 1. The highest BCUT2D eigenvalue weighted by molar-refractivity contribution is 5.75. The SMILES string of the molecule is C=CCCCC(=O)NCCN(C)CCCCCCCCCO. The second-order valence-electron chi connectivity index (χ2n) is 6.03. The van der Waals surface area contributed by atoms with Gasteiger partial charge in [-0.15, -0.1) is 6.58 Å². The van der Waals surface area contributed by atoms with Gasteiger partial charge in [0.2, 0.25) is 5.91 Å².